The summed E-state index contributed by atoms with van der Waals surface area (Å²) in [6.07, 6.45) is 0. The topological polar surface area (TPSA) is 64.3 Å². The highest BCUT2D eigenvalue weighted by molar-refractivity contribution is 6.31. The molecule has 2 aromatic rings. The van der Waals surface area contributed by atoms with E-state index in [0.29, 0.717) is 10.7 Å². The SMILES string of the molecule is Nc1cc(Cl)ccc1NC(=O)COc1c(F)cccc1F. The third-order valence-corrected chi connectivity index (χ3v) is 2.79. The molecule has 0 atom stereocenters. The molecular formula is C14H11ClF2N2O2. The second-order valence-corrected chi connectivity index (χ2v) is 4.56. The van der Waals surface area contributed by atoms with E-state index in [-0.39, 0.29) is 5.69 Å². The highest BCUT2D eigenvalue weighted by Crippen LogP contribution is 2.23. The van der Waals surface area contributed by atoms with Gasteiger partial charge in [-0.25, -0.2) is 8.78 Å². The number of carbonyl (C=O) groups excluding carboxylic acids is 1. The van der Waals surface area contributed by atoms with E-state index in [2.05, 4.69) is 5.32 Å². The number of nitrogens with two attached hydrogens (primary N) is 1. The summed E-state index contributed by atoms with van der Waals surface area (Å²) in [4.78, 5) is 11.7. The van der Waals surface area contributed by atoms with E-state index in [4.69, 9.17) is 22.1 Å². The van der Waals surface area contributed by atoms with Crippen LogP contribution in [-0.2, 0) is 4.79 Å². The lowest BCUT2D eigenvalue weighted by Crippen LogP contribution is -2.21. The molecule has 2 rings (SSSR count). The Kier molecular flexibility index (Phi) is 4.59. The fourth-order valence-electron chi connectivity index (χ4n) is 1.59. The maximum Gasteiger partial charge on any atom is 0.262 e. The van der Waals surface area contributed by atoms with E-state index < -0.39 is 29.9 Å². The molecule has 0 saturated heterocycles. The van der Waals surface area contributed by atoms with Crippen LogP contribution in [0.25, 0.3) is 0 Å². The quantitative estimate of drug-likeness (QED) is 0.852. The Morgan fingerprint density at radius 3 is 2.52 bits per heavy atom. The number of para-hydroxylation sites is 1. The Hall–Kier alpha value is -2.34. The minimum atomic E-state index is -0.881. The molecule has 7 heteroatoms. The van der Waals surface area contributed by atoms with Crippen LogP contribution in [0.5, 0.6) is 5.75 Å². The molecule has 1 amide bonds. The molecule has 0 aliphatic carbocycles. The normalized spacial score (nSPS) is 10.2. The van der Waals surface area contributed by atoms with Crippen LogP contribution >= 0.6 is 11.6 Å². The minimum absolute atomic E-state index is 0.271. The number of rotatable bonds is 4. The van der Waals surface area contributed by atoms with E-state index in [1.807, 2.05) is 0 Å². The fraction of sp³-hybridized carbons (Fsp3) is 0.0714. The summed E-state index contributed by atoms with van der Waals surface area (Å²) in [7, 11) is 0. The summed E-state index contributed by atoms with van der Waals surface area (Å²) < 4.78 is 31.4. The molecule has 0 heterocycles. The van der Waals surface area contributed by atoms with E-state index in [1.165, 1.54) is 18.2 Å². The Labute approximate surface area is 124 Å². The lowest BCUT2D eigenvalue weighted by molar-refractivity contribution is -0.118. The number of hydrogen-bond acceptors (Lipinski definition) is 3. The maximum absolute atomic E-state index is 13.3. The average molecular weight is 313 g/mol. The van der Waals surface area contributed by atoms with Crippen molar-refractivity contribution in [1.29, 1.82) is 0 Å². The van der Waals surface area contributed by atoms with Crippen molar-refractivity contribution in [1.82, 2.24) is 0 Å². The predicted molar refractivity (Wildman–Crippen MR) is 76.3 cm³/mol. The standard InChI is InChI=1S/C14H11ClF2N2O2/c15-8-4-5-12(11(18)6-8)19-13(20)7-21-14-9(16)2-1-3-10(14)17/h1-6H,7,18H2,(H,19,20). The zero-order chi connectivity index (χ0) is 15.4. The summed E-state index contributed by atoms with van der Waals surface area (Å²) >= 11 is 5.73. The van der Waals surface area contributed by atoms with Gasteiger partial charge >= 0.3 is 0 Å². The molecule has 0 aliphatic heterocycles. The molecule has 0 radical (unpaired) electrons. The van der Waals surface area contributed by atoms with Gasteiger partial charge in [0.15, 0.2) is 24.0 Å². The molecule has 21 heavy (non-hydrogen) atoms. The lowest BCUT2D eigenvalue weighted by Gasteiger charge is -2.10. The van der Waals surface area contributed by atoms with Gasteiger partial charge in [0.1, 0.15) is 0 Å². The van der Waals surface area contributed by atoms with Crippen molar-refractivity contribution in [2.75, 3.05) is 17.7 Å². The molecule has 0 bridgehead atoms. The zero-order valence-electron chi connectivity index (χ0n) is 10.7. The van der Waals surface area contributed by atoms with E-state index in [1.54, 1.807) is 6.07 Å². The molecule has 3 N–H and O–H groups in total. The van der Waals surface area contributed by atoms with Gasteiger partial charge in [-0.2, -0.15) is 0 Å². The number of nitrogens with one attached hydrogen (secondary N) is 1. The third kappa shape index (κ3) is 3.82. The highest BCUT2D eigenvalue weighted by atomic mass is 35.5. The van der Waals surface area contributed by atoms with Crippen molar-refractivity contribution in [3.8, 4) is 5.75 Å². The van der Waals surface area contributed by atoms with Crippen molar-refractivity contribution in [2.45, 2.75) is 0 Å². The second kappa shape index (κ2) is 6.41. The monoisotopic (exact) mass is 312 g/mol. The zero-order valence-corrected chi connectivity index (χ0v) is 11.5. The number of halogens is 3. The molecule has 110 valence electrons. The van der Waals surface area contributed by atoms with Gasteiger partial charge in [0.25, 0.3) is 5.91 Å². The number of ether oxygens (including phenoxy) is 1. The van der Waals surface area contributed by atoms with Crippen molar-refractivity contribution < 1.29 is 18.3 Å². The summed E-state index contributed by atoms with van der Waals surface area (Å²) in [6.45, 7) is -0.556. The van der Waals surface area contributed by atoms with Crippen LogP contribution in [0.1, 0.15) is 0 Å². The molecular weight excluding hydrogens is 302 g/mol. The van der Waals surface area contributed by atoms with E-state index >= 15 is 0 Å². The molecule has 0 aliphatic rings. The van der Waals surface area contributed by atoms with Crippen LogP contribution in [0.15, 0.2) is 36.4 Å². The first-order valence-electron chi connectivity index (χ1n) is 5.89. The molecule has 4 nitrogen and oxygen atoms in total. The molecule has 2 aromatic carbocycles. The molecule has 0 spiro atoms. The molecule has 0 unspecified atom stereocenters. The Bertz CT molecular complexity index is 660. The summed E-state index contributed by atoms with van der Waals surface area (Å²) in [5, 5.41) is 2.88. The van der Waals surface area contributed by atoms with Crippen LogP contribution in [0.4, 0.5) is 20.2 Å². The fourth-order valence-corrected chi connectivity index (χ4v) is 1.77. The van der Waals surface area contributed by atoms with Crippen molar-refractivity contribution in [3.63, 3.8) is 0 Å². The van der Waals surface area contributed by atoms with Crippen molar-refractivity contribution >= 4 is 28.9 Å². The van der Waals surface area contributed by atoms with Gasteiger partial charge in [-0.3, -0.25) is 4.79 Å². The first-order valence-corrected chi connectivity index (χ1v) is 6.27. The summed E-state index contributed by atoms with van der Waals surface area (Å²) in [6, 6.07) is 7.80. The third-order valence-electron chi connectivity index (χ3n) is 2.55. The van der Waals surface area contributed by atoms with Gasteiger partial charge in [0.2, 0.25) is 0 Å². The van der Waals surface area contributed by atoms with Crippen LogP contribution in [0.3, 0.4) is 0 Å². The maximum atomic E-state index is 13.3. The van der Waals surface area contributed by atoms with Gasteiger partial charge in [-0.05, 0) is 30.3 Å². The van der Waals surface area contributed by atoms with Gasteiger partial charge in [0.05, 0.1) is 11.4 Å². The summed E-state index contributed by atoms with van der Waals surface area (Å²) in [5.41, 5.74) is 6.27. The predicted octanol–water partition coefficient (Wildman–Crippen LogP) is 3.22. The van der Waals surface area contributed by atoms with Crippen molar-refractivity contribution in [2.24, 2.45) is 0 Å². The number of nitrogen functional groups attached to an aromatic ring is 1. The number of benzene rings is 2. The Balaban J connectivity index is 1.99. The van der Waals surface area contributed by atoms with E-state index in [9.17, 15) is 13.6 Å². The van der Waals surface area contributed by atoms with Gasteiger partial charge in [-0.15, -0.1) is 0 Å². The van der Waals surface area contributed by atoms with Crippen LogP contribution in [0.2, 0.25) is 5.02 Å². The second-order valence-electron chi connectivity index (χ2n) is 4.12. The summed E-state index contributed by atoms with van der Waals surface area (Å²) in [5.74, 6) is -2.97. The lowest BCUT2D eigenvalue weighted by atomic mass is 10.2. The molecule has 0 aromatic heterocycles. The number of carbonyl (C=O) groups is 1. The van der Waals surface area contributed by atoms with Gasteiger partial charge < -0.3 is 15.8 Å². The smallest absolute Gasteiger partial charge is 0.262 e. The molecule has 0 saturated carbocycles. The Morgan fingerprint density at radius 1 is 1.24 bits per heavy atom. The van der Waals surface area contributed by atoms with Gasteiger partial charge in [-0.1, -0.05) is 17.7 Å². The largest absolute Gasteiger partial charge is 0.478 e. The average Bonchev–Trinajstić information content (AvgIpc) is 2.41. The first kappa shape index (κ1) is 15.1. The first-order chi connectivity index (χ1) is 9.97. The number of amides is 1. The van der Waals surface area contributed by atoms with Crippen LogP contribution < -0.4 is 15.8 Å². The van der Waals surface area contributed by atoms with Crippen LogP contribution in [-0.4, -0.2) is 12.5 Å². The number of hydrogen-bond donors (Lipinski definition) is 2. The van der Waals surface area contributed by atoms with Crippen molar-refractivity contribution in [3.05, 3.63) is 53.1 Å². The van der Waals surface area contributed by atoms with Crippen LogP contribution in [0, 0.1) is 11.6 Å². The molecule has 0 fully saturated rings. The number of anilines is 2. The highest BCUT2D eigenvalue weighted by Gasteiger charge is 2.12. The van der Waals surface area contributed by atoms with Gasteiger partial charge in [0, 0.05) is 5.02 Å². The van der Waals surface area contributed by atoms with E-state index in [0.717, 1.165) is 12.1 Å². The Morgan fingerprint density at radius 2 is 1.90 bits per heavy atom. The minimum Gasteiger partial charge on any atom is -0.478 e.